The van der Waals surface area contributed by atoms with Crippen LogP contribution in [0.2, 0.25) is 0 Å². The first-order valence-electron chi connectivity index (χ1n) is 11.4. The fourth-order valence-corrected chi connectivity index (χ4v) is 5.92. The molecule has 0 saturated heterocycles. The Kier molecular flexibility index (Phi) is 9.06. The highest BCUT2D eigenvalue weighted by Crippen LogP contribution is 2.33. The van der Waals surface area contributed by atoms with Crippen LogP contribution in [0.4, 0.5) is 0 Å². The highest BCUT2D eigenvalue weighted by atomic mass is 32.2. The van der Waals surface area contributed by atoms with Gasteiger partial charge in [0.05, 0.1) is 12.5 Å². The van der Waals surface area contributed by atoms with E-state index in [0.717, 1.165) is 42.7 Å². The van der Waals surface area contributed by atoms with Crippen molar-refractivity contribution in [2.24, 2.45) is 23.5 Å². The molecule has 0 heterocycles. The van der Waals surface area contributed by atoms with Crippen LogP contribution in [0.1, 0.15) is 63.4 Å². The summed E-state index contributed by atoms with van der Waals surface area (Å²) in [6.45, 7) is 0.386. The first-order valence-corrected chi connectivity index (χ1v) is 12.4. The molecule has 30 heavy (non-hydrogen) atoms. The molecule has 2 saturated carbocycles. The molecule has 2 aliphatic carbocycles. The molecule has 0 aromatic heterocycles. The van der Waals surface area contributed by atoms with Crippen molar-refractivity contribution < 1.29 is 14.3 Å². The summed E-state index contributed by atoms with van der Waals surface area (Å²) in [5.74, 6) is 1.43. The number of amides is 1. The molecule has 0 radical (unpaired) electrons. The Hall–Kier alpha value is -1.53. The van der Waals surface area contributed by atoms with E-state index in [1.54, 1.807) is 18.9 Å². The van der Waals surface area contributed by atoms with E-state index >= 15 is 0 Å². The molecule has 6 heteroatoms. The molecule has 3 N–H and O–H groups in total. The number of methoxy groups -OCH3 is 1. The fourth-order valence-electron chi connectivity index (χ4n) is 4.64. The van der Waals surface area contributed by atoms with Crippen LogP contribution in [0.5, 0.6) is 5.75 Å². The van der Waals surface area contributed by atoms with Crippen molar-refractivity contribution in [3.63, 3.8) is 0 Å². The van der Waals surface area contributed by atoms with E-state index in [4.69, 9.17) is 10.5 Å². The van der Waals surface area contributed by atoms with Crippen molar-refractivity contribution in [2.75, 3.05) is 12.9 Å². The third kappa shape index (κ3) is 6.48. The third-order valence-electron chi connectivity index (χ3n) is 6.55. The molecule has 1 aromatic rings. The number of ketones is 1. The second kappa shape index (κ2) is 11.8. The Labute approximate surface area is 184 Å². The molecule has 3 rings (SSSR count). The Morgan fingerprint density at radius 3 is 2.33 bits per heavy atom. The summed E-state index contributed by atoms with van der Waals surface area (Å²) < 4.78 is 5.18. The van der Waals surface area contributed by atoms with Gasteiger partial charge in [0.2, 0.25) is 5.91 Å². The maximum Gasteiger partial charge on any atom is 0.233 e. The first-order chi connectivity index (χ1) is 14.6. The number of nitrogens with one attached hydrogen (secondary N) is 1. The smallest absolute Gasteiger partial charge is 0.233 e. The number of rotatable bonds is 10. The van der Waals surface area contributed by atoms with Crippen LogP contribution < -0.4 is 15.8 Å². The van der Waals surface area contributed by atoms with E-state index in [1.807, 2.05) is 24.3 Å². The van der Waals surface area contributed by atoms with Gasteiger partial charge < -0.3 is 15.8 Å². The number of Topliss-reactive ketones (excluding diaryl/α,β-unsaturated/α-hetero) is 1. The molecule has 0 bridgehead atoms. The number of nitrogens with two attached hydrogens (primary N) is 1. The van der Waals surface area contributed by atoms with Gasteiger partial charge in [0.25, 0.3) is 0 Å². The predicted molar refractivity (Wildman–Crippen MR) is 122 cm³/mol. The van der Waals surface area contributed by atoms with Gasteiger partial charge in [-0.25, -0.2) is 0 Å². The predicted octanol–water partition coefficient (Wildman–Crippen LogP) is 4.29. The summed E-state index contributed by atoms with van der Waals surface area (Å²) >= 11 is 1.61. The monoisotopic (exact) mass is 432 g/mol. The number of benzene rings is 1. The Balaban J connectivity index is 1.60. The zero-order chi connectivity index (χ0) is 21.3. The van der Waals surface area contributed by atoms with Gasteiger partial charge >= 0.3 is 0 Å². The van der Waals surface area contributed by atoms with Gasteiger partial charge in [0.1, 0.15) is 11.7 Å². The van der Waals surface area contributed by atoms with Gasteiger partial charge in [-0.3, -0.25) is 9.59 Å². The molecular weight excluding hydrogens is 396 g/mol. The fraction of sp³-hybridized carbons (Fsp3) is 0.667. The molecule has 1 amide bonds. The average Bonchev–Trinajstić information content (AvgIpc) is 3.32. The SMILES string of the molecule is COc1ccc(CNC(=O)[C@@H](C(=O)C2CCCC2)C(N)SCC2CCCCC2)cc1. The highest BCUT2D eigenvalue weighted by Gasteiger charge is 2.38. The molecule has 1 unspecified atom stereocenters. The highest BCUT2D eigenvalue weighted by molar-refractivity contribution is 7.99. The molecule has 166 valence electrons. The van der Waals surface area contributed by atoms with Crippen molar-refractivity contribution in [2.45, 2.75) is 69.7 Å². The minimum atomic E-state index is -0.764. The van der Waals surface area contributed by atoms with Crippen molar-refractivity contribution in [3.05, 3.63) is 29.8 Å². The first kappa shape index (κ1) is 23.1. The Morgan fingerprint density at radius 2 is 1.70 bits per heavy atom. The minimum Gasteiger partial charge on any atom is -0.497 e. The van der Waals surface area contributed by atoms with Gasteiger partial charge in [-0.15, -0.1) is 11.8 Å². The van der Waals surface area contributed by atoms with Gasteiger partial charge in [-0.05, 0) is 55.1 Å². The van der Waals surface area contributed by atoms with Crippen LogP contribution in [-0.2, 0) is 16.1 Å². The average molecular weight is 433 g/mol. The van der Waals surface area contributed by atoms with E-state index in [0.29, 0.717) is 12.5 Å². The molecule has 2 atom stereocenters. The van der Waals surface area contributed by atoms with Crippen molar-refractivity contribution in [1.82, 2.24) is 5.32 Å². The van der Waals surface area contributed by atoms with Gasteiger partial charge in [0.15, 0.2) is 5.78 Å². The normalized spacial score (nSPS) is 19.9. The summed E-state index contributed by atoms with van der Waals surface area (Å²) in [5, 5.41) is 2.49. The van der Waals surface area contributed by atoms with Gasteiger partial charge in [-0.2, -0.15) is 0 Å². The van der Waals surface area contributed by atoms with Crippen LogP contribution in [0.25, 0.3) is 0 Å². The number of carbonyl (C=O) groups excluding carboxylic acids is 2. The third-order valence-corrected chi connectivity index (χ3v) is 7.87. The number of thioether (sulfide) groups is 1. The summed E-state index contributed by atoms with van der Waals surface area (Å²) in [6.07, 6.45) is 10.3. The lowest BCUT2D eigenvalue weighted by atomic mass is 9.90. The quantitative estimate of drug-likeness (QED) is 0.426. The maximum atomic E-state index is 13.2. The second-order valence-corrected chi connectivity index (χ2v) is 9.94. The summed E-state index contributed by atoms with van der Waals surface area (Å²) in [7, 11) is 1.63. The van der Waals surface area contributed by atoms with Gasteiger partial charge in [0, 0.05) is 12.5 Å². The molecule has 1 aromatic carbocycles. The molecule has 0 spiro atoms. The number of hydrogen-bond acceptors (Lipinski definition) is 5. The zero-order valence-electron chi connectivity index (χ0n) is 18.1. The molecule has 5 nitrogen and oxygen atoms in total. The van der Waals surface area contributed by atoms with Crippen molar-refractivity contribution in [3.8, 4) is 5.75 Å². The molecular formula is C24H36N2O3S. The summed E-state index contributed by atoms with van der Waals surface area (Å²) in [5.41, 5.74) is 7.45. The van der Waals surface area contributed by atoms with E-state index < -0.39 is 11.3 Å². The largest absolute Gasteiger partial charge is 0.497 e. The van der Waals surface area contributed by atoms with Crippen LogP contribution in [-0.4, -0.2) is 29.9 Å². The minimum absolute atomic E-state index is 0.0110. The Morgan fingerprint density at radius 1 is 1.07 bits per heavy atom. The van der Waals surface area contributed by atoms with E-state index in [9.17, 15) is 9.59 Å². The summed E-state index contributed by atoms with van der Waals surface area (Å²) in [4.78, 5) is 26.3. The topological polar surface area (TPSA) is 81.4 Å². The molecule has 0 aliphatic heterocycles. The number of hydrogen-bond donors (Lipinski definition) is 2. The lowest BCUT2D eigenvalue weighted by Crippen LogP contribution is -2.46. The van der Waals surface area contributed by atoms with E-state index in [1.165, 1.54) is 32.1 Å². The van der Waals surface area contributed by atoms with Crippen LogP contribution in [0.3, 0.4) is 0 Å². The second-order valence-electron chi connectivity index (χ2n) is 8.73. The number of carbonyl (C=O) groups is 2. The maximum absolute atomic E-state index is 13.2. The van der Waals surface area contributed by atoms with Crippen molar-refractivity contribution in [1.29, 1.82) is 0 Å². The summed E-state index contributed by atoms with van der Waals surface area (Å²) in [6, 6.07) is 7.58. The Bertz CT molecular complexity index is 682. The standard InChI is InChI=1S/C24H36N2O3S/c1-29-20-13-11-17(12-14-20)15-26-24(28)21(22(27)19-9-5-6-10-19)23(25)30-16-18-7-3-2-4-8-18/h11-14,18-19,21,23H,2-10,15-16,25H2,1H3,(H,26,28)/t21-,23?/m0/s1. The van der Waals surface area contributed by atoms with E-state index in [-0.39, 0.29) is 17.6 Å². The zero-order valence-corrected chi connectivity index (χ0v) is 18.9. The van der Waals surface area contributed by atoms with Crippen LogP contribution in [0, 0.1) is 17.8 Å². The van der Waals surface area contributed by atoms with Crippen molar-refractivity contribution >= 4 is 23.5 Å². The lowest BCUT2D eigenvalue weighted by Gasteiger charge is -2.27. The van der Waals surface area contributed by atoms with Crippen LogP contribution in [0.15, 0.2) is 24.3 Å². The van der Waals surface area contributed by atoms with E-state index in [2.05, 4.69) is 5.32 Å². The molecule has 2 fully saturated rings. The number of ether oxygens (including phenoxy) is 1. The lowest BCUT2D eigenvalue weighted by molar-refractivity contribution is -0.136. The van der Waals surface area contributed by atoms with Gasteiger partial charge in [-0.1, -0.05) is 44.2 Å². The van der Waals surface area contributed by atoms with Crippen LogP contribution >= 0.6 is 11.8 Å². The molecule has 2 aliphatic rings.